The molecule has 0 aliphatic heterocycles. The third kappa shape index (κ3) is 5.01. The third-order valence-corrected chi connectivity index (χ3v) is 3.82. The van der Waals surface area contributed by atoms with Crippen LogP contribution in [-0.4, -0.2) is 19.6 Å². The third-order valence-electron chi connectivity index (χ3n) is 3.82. The van der Waals surface area contributed by atoms with Crippen molar-refractivity contribution in [3.63, 3.8) is 0 Å². The highest BCUT2D eigenvalue weighted by Gasteiger charge is 2.18. The lowest BCUT2D eigenvalue weighted by atomic mass is 9.96. The van der Waals surface area contributed by atoms with E-state index in [2.05, 4.69) is 19.2 Å². The van der Waals surface area contributed by atoms with Crippen molar-refractivity contribution in [3.05, 3.63) is 59.7 Å². The van der Waals surface area contributed by atoms with E-state index in [1.807, 2.05) is 55.5 Å². The Bertz CT molecular complexity index is 665. The van der Waals surface area contributed by atoms with Crippen molar-refractivity contribution >= 4 is 5.91 Å². The highest BCUT2D eigenvalue weighted by molar-refractivity contribution is 5.78. The van der Waals surface area contributed by atoms with E-state index in [4.69, 9.17) is 9.47 Å². The number of ether oxygens (including phenoxy) is 2. The molecule has 0 bridgehead atoms. The van der Waals surface area contributed by atoms with E-state index in [0.717, 1.165) is 16.9 Å². The number of carbonyl (C=O) groups excluding carboxylic acids is 1. The van der Waals surface area contributed by atoms with Gasteiger partial charge in [0.15, 0.2) is 6.61 Å². The average molecular weight is 327 g/mol. The fraction of sp³-hybridized carbons (Fsp3) is 0.350. The summed E-state index contributed by atoms with van der Waals surface area (Å²) in [7, 11) is 1.64. The number of benzene rings is 2. The molecule has 0 aromatic heterocycles. The Hall–Kier alpha value is -2.49. The van der Waals surface area contributed by atoms with Crippen LogP contribution in [0.1, 0.15) is 31.0 Å². The van der Waals surface area contributed by atoms with Crippen LogP contribution in [0.3, 0.4) is 0 Å². The minimum absolute atomic E-state index is 0.00281. The van der Waals surface area contributed by atoms with E-state index in [-0.39, 0.29) is 24.5 Å². The first-order valence-electron chi connectivity index (χ1n) is 8.12. The molecule has 0 aliphatic rings. The van der Waals surface area contributed by atoms with Gasteiger partial charge in [0, 0.05) is 0 Å². The molecule has 1 atom stereocenters. The summed E-state index contributed by atoms with van der Waals surface area (Å²) in [5.41, 5.74) is 2.15. The smallest absolute Gasteiger partial charge is 0.258 e. The Morgan fingerprint density at radius 2 is 1.79 bits per heavy atom. The summed E-state index contributed by atoms with van der Waals surface area (Å²) in [5.74, 6) is 1.64. The molecule has 2 rings (SSSR count). The summed E-state index contributed by atoms with van der Waals surface area (Å²) >= 11 is 0. The average Bonchev–Trinajstić information content (AvgIpc) is 2.58. The second-order valence-electron chi connectivity index (χ2n) is 6.17. The predicted molar refractivity (Wildman–Crippen MR) is 95.4 cm³/mol. The van der Waals surface area contributed by atoms with Crippen LogP contribution < -0.4 is 14.8 Å². The molecule has 1 N–H and O–H groups in total. The van der Waals surface area contributed by atoms with Crippen LogP contribution in [0, 0.1) is 12.8 Å². The van der Waals surface area contributed by atoms with Gasteiger partial charge in [-0.15, -0.1) is 0 Å². The van der Waals surface area contributed by atoms with E-state index < -0.39 is 0 Å². The predicted octanol–water partition coefficient (Wildman–Crippen LogP) is 3.90. The minimum atomic E-state index is -0.133. The quantitative estimate of drug-likeness (QED) is 0.839. The van der Waals surface area contributed by atoms with Crippen molar-refractivity contribution in [2.24, 2.45) is 5.92 Å². The first-order valence-corrected chi connectivity index (χ1v) is 8.12. The van der Waals surface area contributed by atoms with Gasteiger partial charge in [0.2, 0.25) is 0 Å². The first-order chi connectivity index (χ1) is 11.5. The van der Waals surface area contributed by atoms with Crippen molar-refractivity contribution in [2.45, 2.75) is 26.8 Å². The van der Waals surface area contributed by atoms with Crippen molar-refractivity contribution in [1.29, 1.82) is 0 Å². The van der Waals surface area contributed by atoms with Crippen molar-refractivity contribution in [1.82, 2.24) is 5.32 Å². The van der Waals surface area contributed by atoms with Crippen molar-refractivity contribution in [2.75, 3.05) is 13.7 Å². The van der Waals surface area contributed by atoms with Crippen LogP contribution in [0.4, 0.5) is 0 Å². The minimum Gasteiger partial charge on any atom is -0.497 e. The molecule has 4 nitrogen and oxygen atoms in total. The van der Waals surface area contributed by atoms with E-state index in [1.54, 1.807) is 7.11 Å². The fourth-order valence-corrected chi connectivity index (χ4v) is 2.52. The lowest BCUT2D eigenvalue weighted by Crippen LogP contribution is -2.35. The number of rotatable bonds is 7. The van der Waals surface area contributed by atoms with Crippen molar-refractivity contribution < 1.29 is 14.3 Å². The van der Waals surface area contributed by atoms with Gasteiger partial charge < -0.3 is 14.8 Å². The summed E-state index contributed by atoms with van der Waals surface area (Å²) in [6.45, 7) is 6.15. The number of aryl methyl sites for hydroxylation is 1. The molecule has 2 aromatic carbocycles. The van der Waals surface area contributed by atoms with Gasteiger partial charge in [-0.25, -0.2) is 0 Å². The number of carbonyl (C=O) groups is 1. The van der Waals surface area contributed by atoms with Gasteiger partial charge in [-0.1, -0.05) is 38.1 Å². The number of nitrogens with one attached hydrogen (secondary N) is 1. The molecule has 0 saturated carbocycles. The highest BCUT2D eigenvalue weighted by Crippen LogP contribution is 2.24. The molecule has 0 radical (unpaired) electrons. The van der Waals surface area contributed by atoms with Gasteiger partial charge >= 0.3 is 0 Å². The van der Waals surface area contributed by atoms with E-state index in [0.29, 0.717) is 5.75 Å². The molecular formula is C20H25NO3. The van der Waals surface area contributed by atoms with Crippen LogP contribution in [0.25, 0.3) is 0 Å². The summed E-state index contributed by atoms with van der Waals surface area (Å²) in [4.78, 5) is 12.3. The number of hydrogen-bond acceptors (Lipinski definition) is 3. The fourth-order valence-electron chi connectivity index (χ4n) is 2.52. The van der Waals surface area contributed by atoms with Gasteiger partial charge in [-0.3, -0.25) is 4.79 Å². The lowest BCUT2D eigenvalue weighted by molar-refractivity contribution is -0.124. The van der Waals surface area contributed by atoms with E-state index >= 15 is 0 Å². The molecule has 0 saturated heterocycles. The molecule has 0 spiro atoms. The number of methoxy groups -OCH3 is 1. The summed E-state index contributed by atoms with van der Waals surface area (Å²) in [6, 6.07) is 15.4. The molecule has 24 heavy (non-hydrogen) atoms. The summed E-state index contributed by atoms with van der Waals surface area (Å²) < 4.78 is 10.7. The molecule has 0 aliphatic carbocycles. The Labute approximate surface area is 143 Å². The van der Waals surface area contributed by atoms with Gasteiger partial charge in [-0.05, 0) is 48.2 Å². The van der Waals surface area contributed by atoms with Crippen LogP contribution in [-0.2, 0) is 4.79 Å². The zero-order valence-corrected chi connectivity index (χ0v) is 14.7. The molecule has 128 valence electrons. The largest absolute Gasteiger partial charge is 0.497 e. The second kappa shape index (κ2) is 8.39. The molecule has 0 unspecified atom stereocenters. The molecule has 1 amide bonds. The Kier molecular flexibility index (Phi) is 6.24. The molecular weight excluding hydrogens is 302 g/mol. The zero-order valence-electron chi connectivity index (χ0n) is 14.7. The maximum atomic E-state index is 12.3. The van der Waals surface area contributed by atoms with Gasteiger partial charge in [0.1, 0.15) is 11.5 Å². The normalized spacial score (nSPS) is 11.9. The lowest BCUT2D eigenvalue weighted by Gasteiger charge is -2.23. The number of hydrogen-bond donors (Lipinski definition) is 1. The summed E-state index contributed by atoms with van der Waals surface area (Å²) in [6.07, 6.45) is 0. The molecule has 4 heteroatoms. The number of amides is 1. The second-order valence-corrected chi connectivity index (χ2v) is 6.17. The van der Waals surface area contributed by atoms with E-state index in [9.17, 15) is 4.79 Å². The van der Waals surface area contributed by atoms with Gasteiger partial charge in [-0.2, -0.15) is 0 Å². The SMILES string of the molecule is COc1ccc([C@@H](NC(=O)COc2cccc(C)c2)C(C)C)cc1. The Morgan fingerprint density at radius 1 is 1.08 bits per heavy atom. The molecule has 0 fully saturated rings. The van der Waals surface area contributed by atoms with Crippen LogP contribution >= 0.6 is 0 Å². The maximum absolute atomic E-state index is 12.3. The Morgan fingerprint density at radius 3 is 2.38 bits per heavy atom. The topological polar surface area (TPSA) is 47.6 Å². The van der Waals surface area contributed by atoms with Crippen molar-refractivity contribution in [3.8, 4) is 11.5 Å². The molecule has 2 aromatic rings. The molecule has 0 heterocycles. The summed E-state index contributed by atoms with van der Waals surface area (Å²) in [5, 5.41) is 3.05. The Balaban J connectivity index is 1.97. The van der Waals surface area contributed by atoms with Crippen LogP contribution in [0.2, 0.25) is 0 Å². The first kappa shape index (κ1) is 17.9. The monoisotopic (exact) mass is 327 g/mol. The highest BCUT2D eigenvalue weighted by atomic mass is 16.5. The van der Waals surface area contributed by atoms with Crippen LogP contribution in [0.15, 0.2) is 48.5 Å². The standard InChI is InChI=1S/C20H25NO3/c1-14(2)20(16-8-10-17(23-4)11-9-16)21-19(22)13-24-18-7-5-6-15(3)12-18/h5-12,14,20H,13H2,1-4H3,(H,21,22)/t20-/m0/s1. The van der Waals surface area contributed by atoms with Crippen LogP contribution in [0.5, 0.6) is 11.5 Å². The maximum Gasteiger partial charge on any atom is 0.258 e. The van der Waals surface area contributed by atoms with E-state index in [1.165, 1.54) is 0 Å². The zero-order chi connectivity index (χ0) is 17.5. The van der Waals surface area contributed by atoms with Gasteiger partial charge in [0.25, 0.3) is 5.91 Å². The van der Waals surface area contributed by atoms with Gasteiger partial charge in [0.05, 0.1) is 13.2 Å².